The van der Waals surface area contributed by atoms with Crippen LogP contribution < -0.4 is 0 Å². The number of hydrogen-bond acceptors (Lipinski definition) is 3. The zero-order valence-electron chi connectivity index (χ0n) is 12.0. The normalized spacial score (nSPS) is 11.6. The lowest BCUT2D eigenvalue weighted by Crippen LogP contribution is -2.35. The quantitative estimate of drug-likeness (QED) is 0.808. The third-order valence-corrected chi connectivity index (χ3v) is 2.72. The van der Waals surface area contributed by atoms with E-state index < -0.39 is 11.9 Å². The average Bonchev–Trinajstić information content (AvgIpc) is 2.38. The molecule has 1 atom stereocenters. The summed E-state index contributed by atoms with van der Waals surface area (Å²) in [7, 11) is 0. The van der Waals surface area contributed by atoms with Crippen LogP contribution in [0.4, 0.5) is 0 Å². The maximum absolute atomic E-state index is 12.1. The number of amides is 1. The van der Waals surface area contributed by atoms with Gasteiger partial charge in [0, 0.05) is 18.8 Å². The Hall–Kier alpha value is -2.17. The van der Waals surface area contributed by atoms with Crippen molar-refractivity contribution >= 4 is 11.9 Å². The Kier molecular flexibility index (Phi) is 5.90. The van der Waals surface area contributed by atoms with Gasteiger partial charge in [0.25, 0.3) is 0 Å². The first-order valence-corrected chi connectivity index (χ1v) is 6.46. The van der Waals surface area contributed by atoms with E-state index in [4.69, 9.17) is 5.11 Å². The fraction of sp³-hybridized carbons (Fsp3) is 0.400. The van der Waals surface area contributed by atoms with Crippen molar-refractivity contribution in [2.45, 2.75) is 27.3 Å². The molecule has 1 N–H and O–H groups in total. The van der Waals surface area contributed by atoms with E-state index in [2.05, 4.69) is 4.98 Å². The van der Waals surface area contributed by atoms with Crippen molar-refractivity contribution < 1.29 is 14.7 Å². The Morgan fingerprint density at radius 3 is 2.60 bits per heavy atom. The van der Waals surface area contributed by atoms with Crippen LogP contribution >= 0.6 is 0 Å². The van der Waals surface area contributed by atoms with Gasteiger partial charge in [0.15, 0.2) is 0 Å². The summed E-state index contributed by atoms with van der Waals surface area (Å²) in [5.74, 6) is -1.72. The fourth-order valence-electron chi connectivity index (χ4n) is 1.67. The molecule has 0 aliphatic rings. The summed E-state index contributed by atoms with van der Waals surface area (Å²) in [6.45, 7) is 5.72. The predicted molar refractivity (Wildman–Crippen MR) is 75.9 cm³/mol. The highest BCUT2D eigenvalue weighted by atomic mass is 16.4. The van der Waals surface area contributed by atoms with Gasteiger partial charge in [0.05, 0.1) is 18.2 Å². The summed E-state index contributed by atoms with van der Waals surface area (Å²) < 4.78 is 0. The Bertz CT molecular complexity index is 493. The van der Waals surface area contributed by atoms with E-state index in [9.17, 15) is 9.59 Å². The maximum atomic E-state index is 12.1. The van der Waals surface area contributed by atoms with Gasteiger partial charge in [-0.2, -0.15) is 0 Å². The van der Waals surface area contributed by atoms with E-state index in [1.54, 1.807) is 19.2 Å². The van der Waals surface area contributed by atoms with Gasteiger partial charge in [-0.1, -0.05) is 18.6 Å². The molecule has 5 nitrogen and oxygen atoms in total. The van der Waals surface area contributed by atoms with E-state index in [0.29, 0.717) is 6.54 Å². The molecule has 0 radical (unpaired) electrons. The lowest BCUT2D eigenvalue weighted by Gasteiger charge is -2.23. The molecule has 108 valence electrons. The van der Waals surface area contributed by atoms with Gasteiger partial charge in [-0.25, -0.2) is 0 Å². The van der Waals surface area contributed by atoms with E-state index in [0.717, 1.165) is 11.3 Å². The van der Waals surface area contributed by atoms with Crippen LogP contribution in [0.25, 0.3) is 0 Å². The first kappa shape index (κ1) is 15.9. The molecular weight excluding hydrogens is 256 g/mol. The number of carbonyl (C=O) groups excluding carboxylic acids is 1. The minimum Gasteiger partial charge on any atom is -0.481 e. The number of carbonyl (C=O) groups is 2. The van der Waals surface area contributed by atoms with Gasteiger partial charge < -0.3 is 10.0 Å². The summed E-state index contributed by atoms with van der Waals surface area (Å²) in [5.41, 5.74) is 1.62. The van der Waals surface area contributed by atoms with Crippen LogP contribution in [0.2, 0.25) is 0 Å². The molecule has 1 heterocycles. The number of hydrogen-bond donors (Lipinski definition) is 1. The zero-order chi connectivity index (χ0) is 15.1. The largest absolute Gasteiger partial charge is 0.481 e. The van der Waals surface area contributed by atoms with E-state index in [1.807, 2.05) is 26.0 Å². The van der Waals surface area contributed by atoms with Crippen molar-refractivity contribution in [3.8, 4) is 0 Å². The van der Waals surface area contributed by atoms with Crippen molar-refractivity contribution in [1.82, 2.24) is 9.88 Å². The summed E-state index contributed by atoms with van der Waals surface area (Å²) in [6.07, 6.45) is 3.16. The Morgan fingerprint density at radius 2 is 2.10 bits per heavy atom. The minimum atomic E-state index is -0.916. The fourth-order valence-corrected chi connectivity index (χ4v) is 1.67. The molecule has 20 heavy (non-hydrogen) atoms. The average molecular weight is 276 g/mol. The van der Waals surface area contributed by atoms with Crippen molar-refractivity contribution in [2.24, 2.45) is 5.92 Å². The molecule has 0 fully saturated rings. The lowest BCUT2D eigenvalue weighted by molar-refractivity contribution is -0.142. The van der Waals surface area contributed by atoms with Crippen LogP contribution in [0, 0.1) is 5.92 Å². The summed E-state index contributed by atoms with van der Waals surface area (Å²) in [6, 6.07) is 5.45. The van der Waals surface area contributed by atoms with Gasteiger partial charge >= 0.3 is 5.97 Å². The van der Waals surface area contributed by atoms with Crippen molar-refractivity contribution in [2.75, 3.05) is 6.54 Å². The van der Waals surface area contributed by atoms with Gasteiger partial charge in [-0.3, -0.25) is 14.6 Å². The molecule has 0 saturated carbocycles. The second-order valence-electron chi connectivity index (χ2n) is 5.00. The van der Waals surface area contributed by atoms with Crippen LogP contribution in [0.3, 0.4) is 0 Å². The van der Waals surface area contributed by atoms with Gasteiger partial charge in [-0.05, 0) is 26.0 Å². The number of aromatic nitrogens is 1. The number of nitrogens with zero attached hydrogens (tertiary/aromatic N) is 2. The molecule has 5 heteroatoms. The molecular formula is C15H20N2O3. The Morgan fingerprint density at radius 1 is 1.40 bits per heavy atom. The van der Waals surface area contributed by atoms with Crippen LogP contribution in [-0.4, -0.2) is 33.4 Å². The second kappa shape index (κ2) is 7.43. The van der Waals surface area contributed by atoms with E-state index in [1.165, 1.54) is 11.0 Å². The number of rotatable bonds is 6. The smallest absolute Gasteiger partial charge is 0.308 e. The maximum Gasteiger partial charge on any atom is 0.308 e. The minimum absolute atomic E-state index is 0.161. The molecule has 1 unspecified atom stereocenters. The lowest BCUT2D eigenvalue weighted by atomic mass is 10.1. The monoisotopic (exact) mass is 276 g/mol. The van der Waals surface area contributed by atoms with E-state index in [-0.39, 0.29) is 12.5 Å². The summed E-state index contributed by atoms with van der Waals surface area (Å²) >= 11 is 0. The van der Waals surface area contributed by atoms with Crippen molar-refractivity contribution in [3.63, 3.8) is 0 Å². The topological polar surface area (TPSA) is 70.5 Å². The van der Waals surface area contributed by atoms with Gasteiger partial charge in [0.1, 0.15) is 0 Å². The molecule has 0 spiro atoms. The molecule has 0 saturated heterocycles. The molecule has 0 aliphatic carbocycles. The summed E-state index contributed by atoms with van der Waals surface area (Å²) in [5, 5.41) is 8.99. The molecule has 1 aromatic heterocycles. The molecule has 0 aromatic carbocycles. The van der Waals surface area contributed by atoms with Crippen molar-refractivity contribution in [1.29, 1.82) is 0 Å². The SMILES string of the molecule is CC(C)=CC(=O)N(Cc1ccccn1)CC(C)C(=O)O. The third kappa shape index (κ3) is 5.22. The predicted octanol–water partition coefficient (Wildman–Crippen LogP) is 2.10. The number of allylic oxidation sites excluding steroid dienone is 1. The molecule has 1 aromatic rings. The van der Waals surface area contributed by atoms with E-state index >= 15 is 0 Å². The second-order valence-corrected chi connectivity index (χ2v) is 5.00. The van der Waals surface area contributed by atoms with Crippen LogP contribution in [0.15, 0.2) is 36.0 Å². The third-order valence-electron chi connectivity index (χ3n) is 2.72. The highest BCUT2D eigenvalue weighted by molar-refractivity contribution is 5.88. The Balaban J connectivity index is 2.86. The zero-order valence-corrected chi connectivity index (χ0v) is 12.0. The van der Waals surface area contributed by atoms with Gasteiger partial charge in [-0.15, -0.1) is 0 Å². The molecule has 0 aliphatic heterocycles. The van der Waals surface area contributed by atoms with Gasteiger partial charge in [0.2, 0.25) is 5.91 Å². The number of aliphatic carboxylic acids is 1. The molecule has 0 bridgehead atoms. The summed E-state index contributed by atoms with van der Waals surface area (Å²) in [4.78, 5) is 28.8. The highest BCUT2D eigenvalue weighted by Crippen LogP contribution is 2.08. The van der Waals surface area contributed by atoms with Crippen LogP contribution in [0.5, 0.6) is 0 Å². The molecule has 1 amide bonds. The Labute approximate surface area is 118 Å². The van der Waals surface area contributed by atoms with Crippen LogP contribution in [-0.2, 0) is 16.1 Å². The van der Waals surface area contributed by atoms with Crippen molar-refractivity contribution in [3.05, 3.63) is 41.7 Å². The highest BCUT2D eigenvalue weighted by Gasteiger charge is 2.19. The van der Waals surface area contributed by atoms with Crippen LogP contribution in [0.1, 0.15) is 26.5 Å². The standard InChI is InChI=1S/C15H20N2O3/c1-11(2)8-14(18)17(9-12(3)15(19)20)10-13-6-4-5-7-16-13/h4-8,12H,9-10H2,1-3H3,(H,19,20). The number of pyridine rings is 1. The number of carboxylic acids is 1. The first-order chi connectivity index (χ1) is 9.40. The molecule has 1 rings (SSSR count). The number of carboxylic acid groups (broad SMARTS) is 1. The first-order valence-electron chi connectivity index (χ1n) is 6.46.